The molecule has 0 bridgehead atoms. The van der Waals surface area contributed by atoms with Crippen LogP contribution in [-0.4, -0.2) is 51.0 Å². The molecule has 3 aromatic carbocycles. The molecule has 0 unspecified atom stereocenters. The third kappa shape index (κ3) is 5.15. The van der Waals surface area contributed by atoms with Gasteiger partial charge in [-0.25, -0.2) is 4.39 Å². The van der Waals surface area contributed by atoms with Crippen molar-refractivity contribution in [2.75, 3.05) is 45.2 Å². The van der Waals surface area contributed by atoms with Crippen LogP contribution in [0.2, 0.25) is 0 Å². The van der Waals surface area contributed by atoms with E-state index in [0.717, 1.165) is 48.6 Å². The molecule has 1 aliphatic rings. The maximum atomic E-state index is 14.4. The first kappa shape index (κ1) is 22.7. The molecule has 1 fully saturated rings. The maximum absolute atomic E-state index is 14.4. The number of halogens is 1. The van der Waals surface area contributed by atoms with Crippen molar-refractivity contribution in [2.45, 2.75) is 6.92 Å². The summed E-state index contributed by atoms with van der Waals surface area (Å²) in [7, 11) is 3.60. The maximum Gasteiger partial charge on any atom is 0.187 e. The molecule has 4 rings (SSSR count). The summed E-state index contributed by atoms with van der Waals surface area (Å²) < 4.78 is 19.4. The Labute approximate surface area is 194 Å². The molecule has 170 valence electrons. The van der Waals surface area contributed by atoms with Gasteiger partial charge in [-0.05, 0) is 67.1 Å². The number of carbonyl (C=O) groups excluding carboxylic acids is 1. The summed E-state index contributed by atoms with van der Waals surface area (Å²) in [6.07, 6.45) is 2.99. The summed E-state index contributed by atoms with van der Waals surface area (Å²) in [5.41, 5.74) is 5.15. The van der Waals surface area contributed by atoms with Crippen molar-refractivity contribution in [3.05, 3.63) is 89.2 Å². The number of carbonyl (C=O) groups is 1. The van der Waals surface area contributed by atoms with Gasteiger partial charge >= 0.3 is 0 Å². The highest BCUT2D eigenvalue weighted by molar-refractivity contribution is 6.11. The Morgan fingerprint density at radius 3 is 2.45 bits per heavy atom. The third-order valence-corrected chi connectivity index (χ3v) is 6.18. The molecule has 1 aliphatic heterocycles. The number of allylic oxidation sites excluding steroid dienone is 1. The van der Waals surface area contributed by atoms with Gasteiger partial charge < -0.3 is 14.5 Å². The lowest BCUT2D eigenvalue weighted by atomic mass is 9.95. The monoisotopic (exact) mass is 444 g/mol. The number of ether oxygens (including phenoxy) is 1. The molecular weight excluding hydrogens is 415 g/mol. The van der Waals surface area contributed by atoms with E-state index in [1.54, 1.807) is 12.1 Å². The van der Waals surface area contributed by atoms with E-state index in [1.165, 1.54) is 25.3 Å². The summed E-state index contributed by atoms with van der Waals surface area (Å²) in [5.74, 6) is -0.125. The fourth-order valence-corrected chi connectivity index (χ4v) is 4.15. The second-order valence-electron chi connectivity index (χ2n) is 8.42. The molecular formula is C28H29FN2O2. The SMILES string of the molecule is COc1ccc(/C=C/C(=O)c2cc(-c3ccccc3C)ccc2N2CCN(C)CC2)c(F)c1. The predicted molar refractivity (Wildman–Crippen MR) is 133 cm³/mol. The fourth-order valence-electron chi connectivity index (χ4n) is 4.15. The highest BCUT2D eigenvalue weighted by Gasteiger charge is 2.20. The van der Waals surface area contributed by atoms with Gasteiger partial charge in [0, 0.05) is 49.1 Å². The Bertz CT molecular complexity index is 1180. The summed E-state index contributed by atoms with van der Waals surface area (Å²) in [6, 6.07) is 18.9. The normalized spacial score (nSPS) is 14.6. The molecule has 0 radical (unpaired) electrons. The van der Waals surface area contributed by atoms with Crippen LogP contribution in [0.4, 0.5) is 10.1 Å². The number of methoxy groups -OCH3 is 1. The minimum absolute atomic E-state index is 0.144. The number of aryl methyl sites for hydroxylation is 1. The predicted octanol–water partition coefficient (Wildman–Crippen LogP) is 5.46. The summed E-state index contributed by atoms with van der Waals surface area (Å²) in [6.45, 7) is 5.67. The molecule has 0 aliphatic carbocycles. The van der Waals surface area contributed by atoms with E-state index in [0.29, 0.717) is 16.9 Å². The number of ketones is 1. The smallest absolute Gasteiger partial charge is 0.187 e. The van der Waals surface area contributed by atoms with Gasteiger partial charge in [-0.2, -0.15) is 0 Å². The van der Waals surface area contributed by atoms with Gasteiger partial charge in [0.1, 0.15) is 11.6 Å². The number of rotatable bonds is 6. The molecule has 0 N–H and O–H groups in total. The van der Waals surface area contributed by atoms with Gasteiger partial charge in [0.25, 0.3) is 0 Å². The number of anilines is 1. The van der Waals surface area contributed by atoms with Crippen molar-refractivity contribution in [2.24, 2.45) is 0 Å². The highest BCUT2D eigenvalue weighted by atomic mass is 19.1. The quantitative estimate of drug-likeness (QED) is 0.374. The first-order valence-electron chi connectivity index (χ1n) is 11.2. The van der Waals surface area contributed by atoms with Gasteiger partial charge in [-0.15, -0.1) is 0 Å². The molecule has 0 amide bonds. The van der Waals surface area contributed by atoms with E-state index in [4.69, 9.17) is 4.74 Å². The Kier molecular flexibility index (Phi) is 6.90. The van der Waals surface area contributed by atoms with E-state index in [-0.39, 0.29) is 5.78 Å². The molecule has 1 saturated heterocycles. The molecule has 5 heteroatoms. The van der Waals surface area contributed by atoms with Crippen molar-refractivity contribution in [1.82, 2.24) is 4.90 Å². The minimum atomic E-state index is -0.425. The lowest BCUT2D eigenvalue weighted by molar-refractivity contribution is 0.104. The van der Waals surface area contributed by atoms with E-state index >= 15 is 0 Å². The lowest BCUT2D eigenvalue weighted by Crippen LogP contribution is -2.45. The Morgan fingerprint density at radius 1 is 1.00 bits per heavy atom. The first-order valence-corrected chi connectivity index (χ1v) is 11.2. The molecule has 1 heterocycles. The third-order valence-electron chi connectivity index (χ3n) is 6.18. The summed E-state index contributed by atoms with van der Waals surface area (Å²) >= 11 is 0. The van der Waals surface area contributed by atoms with E-state index in [1.807, 2.05) is 24.3 Å². The van der Waals surface area contributed by atoms with Crippen molar-refractivity contribution in [3.63, 3.8) is 0 Å². The Balaban J connectivity index is 1.71. The van der Waals surface area contributed by atoms with Crippen LogP contribution in [0.5, 0.6) is 5.75 Å². The largest absolute Gasteiger partial charge is 0.497 e. The summed E-state index contributed by atoms with van der Waals surface area (Å²) in [5, 5.41) is 0. The molecule has 0 aromatic heterocycles. The summed E-state index contributed by atoms with van der Waals surface area (Å²) in [4.78, 5) is 17.9. The van der Waals surface area contributed by atoms with E-state index < -0.39 is 5.82 Å². The first-order chi connectivity index (χ1) is 16.0. The van der Waals surface area contributed by atoms with Gasteiger partial charge in [0.05, 0.1) is 7.11 Å². The number of likely N-dealkylation sites (N-methyl/N-ethyl adjacent to an activating group) is 1. The minimum Gasteiger partial charge on any atom is -0.497 e. The zero-order valence-electron chi connectivity index (χ0n) is 19.3. The molecule has 0 saturated carbocycles. The second-order valence-corrected chi connectivity index (χ2v) is 8.42. The molecule has 0 spiro atoms. The van der Waals surface area contributed by atoms with E-state index in [2.05, 4.69) is 42.0 Å². The molecule has 33 heavy (non-hydrogen) atoms. The number of piperazine rings is 1. The standard InChI is InChI=1S/C28H29FN2O2/c1-20-6-4-5-7-24(20)22-9-12-27(31-16-14-30(2)15-17-31)25(18-22)28(32)13-10-21-8-11-23(33-3)19-26(21)29/h4-13,18-19H,14-17H2,1-3H3/b13-10+. The van der Waals surface area contributed by atoms with Crippen LogP contribution in [0.1, 0.15) is 21.5 Å². The average molecular weight is 445 g/mol. The lowest BCUT2D eigenvalue weighted by Gasteiger charge is -2.35. The van der Waals surface area contributed by atoms with Gasteiger partial charge in [-0.3, -0.25) is 4.79 Å². The van der Waals surface area contributed by atoms with Gasteiger partial charge in [-0.1, -0.05) is 30.3 Å². The van der Waals surface area contributed by atoms with Crippen LogP contribution in [0.15, 0.2) is 66.7 Å². The molecule has 3 aromatic rings. The second kappa shape index (κ2) is 10.0. The van der Waals surface area contributed by atoms with Crippen LogP contribution in [0, 0.1) is 12.7 Å². The fraction of sp³-hybridized carbons (Fsp3) is 0.250. The Hall–Kier alpha value is -3.44. The number of hydrogen-bond donors (Lipinski definition) is 0. The van der Waals surface area contributed by atoms with Crippen LogP contribution in [-0.2, 0) is 0 Å². The highest BCUT2D eigenvalue weighted by Crippen LogP contribution is 2.31. The van der Waals surface area contributed by atoms with Gasteiger partial charge in [0.2, 0.25) is 0 Å². The van der Waals surface area contributed by atoms with Crippen molar-refractivity contribution < 1.29 is 13.9 Å². The number of nitrogens with zero attached hydrogens (tertiary/aromatic N) is 2. The van der Waals surface area contributed by atoms with Crippen LogP contribution < -0.4 is 9.64 Å². The van der Waals surface area contributed by atoms with E-state index in [9.17, 15) is 9.18 Å². The van der Waals surface area contributed by atoms with Crippen molar-refractivity contribution >= 4 is 17.5 Å². The van der Waals surface area contributed by atoms with Crippen LogP contribution >= 0.6 is 0 Å². The molecule has 4 nitrogen and oxygen atoms in total. The number of hydrogen-bond acceptors (Lipinski definition) is 4. The molecule has 0 atom stereocenters. The van der Waals surface area contributed by atoms with Crippen LogP contribution in [0.3, 0.4) is 0 Å². The number of benzene rings is 3. The zero-order valence-corrected chi connectivity index (χ0v) is 19.3. The topological polar surface area (TPSA) is 32.8 Å². The van der Waals surface area contributed by atoms with Crippen molar-refractivity contribution in [1.29, 1.82) is 0 Å². The van der Waals surface area contributed by atoms with Gasteiger partial charge in [0.15, 0.2) is 5.78 Å². The zero-order chi connectivity index (χ0) is 23.4. The van der Waals surface area contributed by atoms with Crippen LogP contribution in [0.25, 0.3) is 17.2 Å². The van der Waals surface area contributed by atoms with Crippen molar-refractivity contribution in [3.8, 4) is 16.9 Å². The average Bonchev–Trinajstić information content (AvgIpc) is 2.83. The Morgan fingerprint density at radius 2 is 1.76 bits per heavy atom.